The fraction of sp³-hybridized carbons (Fsp3) is 0.667. The molecule has 0 aliphatic carbocycles. The topological polar surface area (TPSA) is 135 Å². The minimum Gasteiger partial charge on any atom is -0.479 e. The summed E-state index contributed by atoms with van der Waals surface area (Å²) in [6, 6.07) is 0. The summed E-state index contributed by atoms with van der Waals surface area (Å²) in [5, 5.41) is 43.2. The molecule has 14 heavy (non-hydrogen) atoms. The van der Waals surface area contributed by atoms with Crippen molar-refractivity contribution in [2.75, 3.05) is 0 Å². The van der Waals surface area contributed by atoms with Gasteiger partial charge in [-0.05, 0) is 0 Å². The molecule has 0 spiro atoms. The molecule has 0 heterocycles. The predicted octanol–water partition coefficient (Wildman–Crippen LogP) is -3.67. The molecule has 0 aromatic heterocycles. The smallest absolute Gasteiger partial charge is 0.335 e. The van der Waals surface area contributed by atoms with Crippen molar-refractivity contribution in [1.29, 1.82) is 0 Å². The summed E-state index contributed by atoms with van der Waals surface area (Å²) in [5.74, 6) is -1.76. The molecule has 8 heteroatoms. The summed E-state index contributed by atoms with van der Waals surface area (Å²) in [7, 11) is 0. The van der Waals surface area contributed by atoms with Crippen LogP contribution in [0.3, 0.4) is 0 Å². The number of rotatable bonds is 5. The van der Waals surface area contributed by atoms with Crippen LogP contribution in [0.1, 0.15) is 0 Å². The molecule has 0 bridgehead atoms. The molecule has 0 rings (SSSR count). The molecule has 0 saturated carbocycles. The second-order valence-corrected chi connectivity index (χ2v) is 2.39. The van der Waals surface area contributed by atoms with Gasteiger partial charge in [0, 0.05) is 37.7 Å². The Kier molecular flexibility index (Phi) is 8.95. The van der Waals surface area contributed by atoms with Gasteiger partial charge in [0.05, 0.1) is 0 Å². The molecule has 0 unspecified atom stereocenters. The Bertz CT molecular complexity index is 197. The zero-order chi connectivity index (χ0) is 10.6. The molecular formula is C6H10CaO7. The van der Waals surface area contributed by atoms with Crippen molar-refractivity contribution >= 4 is 50.0 Å². The molecule has 0 aliphatic rings. The van der Waals surface area contributed by atoms with Crippen molar-refractivity contribution in [3.05, 3.63) is 0 Å². The van der Waals surface area contributed by atoms with Gasteiger partial charge in [-0.15, -0.1) is 0 Å². The maximum atomic E-state index is 10.1. The third-order valence-corrected chi connectivity index (χ3v) is 1.42. The number of aliphatic carboxylic acids is 1. The van der Waals surface area contributed by atoms with Crippen LogP contribution in [-0.2, 0) is 9.59 Å². The molecule has 0 amide bonds. The molecule has 7 nitrogen and oxygen atoms in total. The van der Waals surface area contributed by atoms with E-state index in [9.17, 15) is 9.59 Å². The van der Waals surface area contributed by atoms with E-state index in [0.29, 0.717) is 0 Å². The summed E-state index contributed by atoms with van der Waals surface area (Å²) in [4.78, 5) is 20.0. The van der Waals surface area contributed by atoms with Crippen molar-refractivity contribution in [3.8, 4) is 0 Å². The van der Waals surface area contributed by atoms with Crippen molar-refractivity contribution in [3.63, 3.8) is 0 Å². The maximum Gasteiger partial charge on any atom is 0.335 e. The zero-order valence-electron chi connectivity index (χ0n) is 7.15. The predicted molar refractivity (Wildman–Crippen MR) is 43.5 cm³/mol. The third kappa shape index (κ3) is 4.65. The monoisotopic (exact) mass is 234 g/mol. The second kappa shape index (κ2) is 7.52. The summed E-state index contributed by atoms with van der Waals surface area (Å²) >= 11 is 0. The van der Waals surface area contributed by atoms with E-state index in [4.69, 9.17) is 25.5 Å². The van der Waals surface area contributed by atoms with Crippen LogP contribution in [0, 0.1) is 0 Å². The van der Waals surface area contributed by atoms with Gasteiger partial charge in [-0.25, -0.2) is 4.79 Å². The van der Waals surface area contributed by atoms with Crippen LogP contribution in [0.5, 0.6) is 0 Å². The number of hydrogen-bond acceptors (Lipinski definition) is 6. The number of aliphatic hydroxyl groups excluding tert-OH is 4. The van der Waals surface area contributed by atoms with Gasteiger partial charge in [0.15, 0.2) is 12.4 Å². The minimum absolute atomic E-state index is 0. The molecule has 0 aromatic carbocycles. The van der Waals surface area contributed by atoms with Gasteiger partial charge in [0.2, 0.25) is 0 Å². The molecule has 0 saturated heterocycles. The van der Waals surface area contributed by atoms with Crippen LogP contribution < -0.4 is 0 Å². The standard InChI is InChI=1S/C6H10O7.Ca/c7-1-2(8)3(9)4(10)5(11)6(12)13;/h1-5,8-11H,(H,12,13);/t2-,3-,4+,5+;/m1./s1. The summed E-state index contributed by atoms with van der Waals surface area (Å²) < 4.78 is 0. The van der Waals surface area contributed by atoms with E-state index in [1.54, 1.807) is 0 Å². The van der Waals surface area contributed by atoms with E-state index < -0.39 is 30.4 Å². The van der Waals surface area contributed by atoms with E-state index in [1.165, 1.54) is 0 Å². The summed E-state index contributed by atoms with van der Waals surface area (Å²) in [5.41, 5.74) is 0. The zero-order valence-corrected chi connectivity index (χ0v) is 9.35. The average Bonchev–Trinajstić information content (AvgIpc) is 2.12. The molecule has 0 aliphatic heterocycles. The van der Waals surface area contributed by atoms with Crippen LogP contribution in [0.4, 0.5) is 0 Å². The Morgan fingerprint density at radius 2 is 1.50 bits per heavy atom. The minimum atomic E-state index is -2.25. The van der Waals surface area contributed by atoms with Gasteiger partial charge in [0.1, 0.15) is 18.3 Å². The van der Waals surface area contributed by atoms with Crippen LogP contribution in [-0.4, -0.2) is 99.9 Å². The Hall–Kier alpha value is 0.240. The van der Waals surface area contributed by atoms with Crippen molar-refractivity contribution < 1.29 is 35.1 Å². The first-order valence-electron chi connectivity index (χ1n) is 3.32. The Balaban J connectivity index is 0. The van der Waals surface area contributed by atoms with Gasteiger partial charge in [-0.3, -0.25) is 0 Å². The number of aliphatic hydroxyl groups is 4. The molecule has 5 N–H and O–H groups in total. The normalized spacial score (nSPS) is 18.6. The second-order valence-electron chi connectivity index (χ2n) is 2.39. The molecule has 2 radical (unpaired) electrons. The number of carbonyl (C=O) groups is 2. The molecule has 4 atom stereocenters. The van der Waals surface area contributed by atoms with Crippen molar-refractivity contribution in [2.24, 2.45) is 0 Å². The van der Waals surface area contributed by atoms with Gasteiger partial charge < -0.3 is 30.3 Å². The van der Waals surface area contributed by atoms with Crippen LogP contribution in [0.15, 0.2) is 0 Å². The first-order valence-corrected chi connectivity index (χ1v) is 3.32. The van der Waals surface area contributed by atoms with E-state index in [-0.39, 0.29) is 44.0 Å². The maximum absolute atomic E-state index is 10.1. The van der Waals surface area contributed by atoms with Crippen LogP contribution in [0.2, 0.25) is 0 Å². The van der Waals surface area contributed by atoms with Crippen molar-refractivity contribution in [1.82, 2.24) is 0 Å². The van der Waals surface area contributed by atoms with Gasteiger partial charge in [-0.2, -0.15) is 0 Å². The molecular weight excluding hydrogens is 224 g/mol. The largest absolute Gasteiger partial charge is 0.479 e. The van der Waals surface area contributed by atoms with Crippen LogP contribution in [0.25, 0.3) is 0 Å². The van der Waals surface area contributed by atoms with Crippen molar-refractivity contribution in [2.45, 2.75) is 24.4 Å². The Morgan fingerprint density at radius 3 is 1.79 bits per heavy atom. The van der Waals surface area contributed by atoms with E-state index in [1.807, 2.05) is 0 Å². The molecule has 0 fully saturated rings. The van der Waals surface area contributed by atoms with E-state index >= 15 is 0 Å². The fourth-order valence-electron chi connectivity index (χ4n) is 0.615. The van der Waals surface area contributed by atoms with Gasteiger partial charge in [-0.1, -0.05) is 0 Å². The van der Waals surface area contributed by atoms with Crippen LogP contribution >= 0.6 is 0 Å². The number of hydrogen-bond donors (Lipinski definition) is 5. The summed E-state index contributed by atoms with van der Waals surface area (Å²) in [6.07, 6.45) is -8.39. The Morgan fingerprint density at radius 1 is 1.07 bits per heavy atom. The van der Waals surface area contributed by atoms with Gasteiger partial charge >= 0.3 is 5.97 Å². The fourth-order valence-corrected chi connectivity index (χ4v) is 0.615. The van der Waals surface area contributed by atoms with Gasteiger partial charge in [0.25, 0.3) is 0 Å². The van der Waals surface area contributed by atoms with E-state index in [2.05, 4.69) is 0 Å². The number of carboxylic acid groups (broad SMARTS) is 1. The van der Waals surface area contributed by atoms with E-state index in [0.717, 1.165) is 0 Å². The average molecular weight is 234 g/mol. The first kappa shape index (κ1) is 16.7. The molecule has 78 valence electrons. The number of carboxylic acids is 1. The Labute approximate surface area is 109 Å². The summed E-state index contributed by atoms with van der Waals surface area (Å²) in [6.45, 7) is 0. The quantitative estimate of drug-likeness (QED) is 0.244. The third-order valence-electron chi connectivity index (χ3n) is 1.42. The SMILES string of the molecule is O=C[C@@H](O)[C@@H](O)[C@H](O)[C@H](O)C(=O)O.[Ca]. The number of carbonyl (C=O) groups excluding carboxylic acids is 1. The first-order chi connectivity index (χ1) is 5.91. The number of aldehydes is 1. The molecule has 0 aromatic rings.